The third-order valence-electron chi connectivity index (χ3n) is 4.23. The Morgan fingerprint density at radius 2 is 1.70 bits per heavy atom. The minimum absolute atomic E-state index is 0.0610. The van der Waals surface area contributed by atoms with Gasteiger partial charge in [-0.05, 0) is 32.1 Å². The van der Waals surface area contributed by atoms with Crippen LogP contribution in [0.15, 0.2) is 0 Å². The van der Waals surface area contributed by atoms with E-state index in [1.54, 1.807) is 0 Å². The Balaban J connectivity index is 2.41. The zero-order chi connectivity index (χ0) is 15.1. The fourth-order valence-corrected chi connectivity index (χ4v) is 2.99. The Kier molecular flexibility index (Phi) is 7.03. The van der Waals surface area contributed by atoms with E-state index in [9.17, 15) is 14.7 Å². The summed E-state index contributed by atoms with van der Waals surface area (Å²) in [5.74, 6) is -1.03. The van der Waals surface area contributed by atoms with Gasteiger partial charge in [0.15, 0.2) is 0 Å². The molecule has 1 fully saturated rings. The van der Waals surface area contributed by atoms with Crippen molar-refractivity contribution >= 4 is 11.9 Å². The standard InChI is InChI=1S/C16H29NO3/c1-11(2)7-6-8-12(3)17-15(18)13-9-4-5-10-14(13)16(19)20/h11-14H,4-10H2,1-3H3,(H,17,18)(H,19,20)/t12?,13-,14+/m1/s1. The van der Waals surface area contributed by atoms with Crippen LogP contribution in [0.4, 0.5) is 0 Å². The van der Waals surface area contributed by atoms with Gasteiger partial charge in [-0.2, -0.15) is 0 Å². The second-order valence-electron chi connectivity index (χ2n) is 6.57. The van der Waals surface area contributed by atoms with E-state index in [1.165, 1.54) is 6.42 Å². The van der Waals surface area contributed by atoms with Crippen LogP contribution in [0.5, 0.6) is 0 Å². The number of carbonyl (C=O) groups is 2. The Bertz CT molecular complexity index is 328. The highest BCUT2D eigenvalue weighted by molar-refractivity contribution is 5.85. The fourth-order valence-electron chi connectivity index (χ4n) is 2.99. The lowest BCUT2D eigenvalue weighted by Gasteiger charge is -2.28. The molecule has 1 amide bonds. The van der Waals surface area contributed by atoms with Crippen molar-refractivity contribution in [1.82, 2.24) is 5.32 Å². The number of carbonyl (C=O) groups excluding carboxylic acids is 1. The van der Waals surface area contributed by atoms with Crippen LogP contribution in [0.3, 0.4) is 0 Å². The average Bonchev–Trinajstić information content (AvgIpc) is 2.38. The van der Waals surface area contributed by atoms with Crippen LogP contribution >= 0.6 is 0 Å². The molecule has 0 aromatic carbocycles. The van der Waals surface area contributed by atoms with Gasteiger partial charge in [0.05, 0.1) is 11.8 Å². The van der Waals surface area contributed by atoms with E-state index in [0.717, 1.165) is 25.7 Å². The van der Waals surface area contributed by atoms with Crippen molar-refractivity contribution < 1.29 is 14.7 Å². The maximum Gasteiger partial charge on any atom is 0.307 e. The van der Waals surface area contributed by atoms with Crippen LogP contribution in [-0.2, 0) is 9.59 Å². The molecule has 0 radical (unpaired) electrons. The second kappa shape index (κ2) is 8.28. The maximum atomic E-state index is 12.2. The van der Waals surface area contributed by atoms with Gasteiger partial charge in [0.2, 0.25) is 5.91 Å². The first-order valence-electron chi connectivity index (χ1n) is 7.95. The molecule has 0 aromatic rings. The van der Waals surface area contributed by atoms with Gasteiger partial charge < -0.3 is 10.4 Å². The van der Waals surface area contributed by atoms with Crippen molar-refractivity contribution in [1.29, 1.82) is 0 Å². The smallest absolute Gasteiger partial charge is 0.307 e. The molecular weight excluding hydrogens is 254 g/mol. The van der Waals surface area contributed by atoms with E-state index in [2.05, 4.69) is 19.2 Å². The van der Waals surface area contributed by atoms with E-state index in [1.807, 2.05) is 6.92 Å². The first-order valence-corrected chi connectivity index (χ1v) is 7.95. The van der Waals surface area contributed by atoms with Gasteiger partial charge in [-0.25, -0.2) is 0 Å². The van der Waals surface area contributed by atoms with Gasteiger partial charge in [0, 0.05) is 6.04 Å². The van der Waals surface area contributed by atoms with Crippen LogP contribution < -0.4 is 5.32 Å². The molecule has 116 valence electrons. The lowest BCUT2D eigenvalue weighted by Crippen LogP contribution is -2.43. The van der Waals surface area contributed by atoms with Crippen LogP contribution in [0, 0.1) is 17.8 Å². The van der Waals surface area contributed by atoms with Crippen molar-refractivity contribution in [2.75, 3.05) is 0 Å². The van der Waals surface area contributed by atoms with Gasteiger partial charge in [0.25, 0.3) is 0 Å². The summed E-state index contributed by atoms with van der Waals surface area (Å²) in [7, 11) is 0. The number of hydrogen-bond acceptors (Lipinski definition) is 2. The topological polar surface area (TPSA) is 66.4 Å². The number of rotatable bonds is 7. The minimum Gasteiger partial charge on any atom is -0.481 e. The molecule has 0 spiro atoms. The zero-order valence-electron chi connectivity index (χ0n) is 13.0. The van der Waals surface area contributed by atoms with Gasteiger partial charge in [-0.3, -0.25) is 9.59 Å². The predicted molar refractivity (Wildman–Crippen MR) is 79.4 cm³/mol. The number of carboxylic acids is 1. The molecule has 3 atom stereocenters. The van der Waals surface area contributed by atoms with Crippen LogP contribution in [-0.4, -0.2) is 23.0 Å². The van der Waals surface area contributed by atoms with E-state index in [0.29, 0.717) is 18.8 Å². The SMILES string of the molecule is CC(C)CCCC(C)NC(=O)[C@@H]1CCCC[C@@H]1C(=O)O. The fraction of sp³-hybridized carbons (Fsp3) is 0.875. The van der Waals surface area contributed by atoms with Crippen molar-refractivity contribution in [2.24, 2.45) is 17.8 Å². The Labute approximate surface area is 122 Å². The Morgan fingerprint density at radius 1 is 1.10 bits per heavy atom. The summed E-state index contributed by atoms with van der Waals surface area (Å²) in [5, 5.41) is 12.2. The minimum atomic E-state index is -0.822. The van der Waals surface area contributed by atoms with Gasteiger partial charge in [-0.15, -0.1) is 0 Å². The van der Waals surface area contributed by atoms with Crippen molar-refractivity contribution in [3.63, 3.8) is 0 Å². The molecule has 0 saturated heterocycles. The summed E-state index contributed by atoms with van der Waals surface area (Å²) in [6.45, 7) is 6.41. The van der Waals surface area contributed by atoms with Crippen LogP contribution in [0.2, 0.25) is 0 Å². The van der Waals surface area contributed by atoms with Gasteiger partial charge in [-0.1, -0.05) is 39.5 Å². The van der Waals surface area contributed by atoms with Crippen molar-refractivity contribution in [3.8, 4) is 0 Å². The molecule has 1 rings (SSSR count). The zero-order valence-corrected chi connectivity index (χ0v) is 13.0. The Morgan fingerprint density at radius 3 is 2.25 bits per heavy atom. The summed E-state index contributed by atoms with van der Waals surface area (Å²) < 4.78 is 0. The van der Waals surface area contributed by atoms with E-state index < -0.39 is 11.9 Å². The summed E-state index contributed by atoms with van der Waals surface area (Å²) in [5.41, 5.74) is 0. The van der Waals surface area contributed by atoms with Crippen molar-refractivity contribution in [3.05, 3.63) is 0 Å². The molecule has 0 heterocycles. The summed E-state index contributed by atoms with van der Waals surface area (Å²) in [6.07, 6.45) is 6.47. The van der Waals surface area contributed by atoms with Gasteiger partial charge >= 0.3 is 5.97 Å². The lowest BCUT2D eigenvalue weighted by atomic mass is 9.78. The third kappa shape index (κ3) is 5.51. The highest BCUT2D eigenvalue weighted by Gasteiger charge is 2.35. The predicted octanol–water partition coefficient (Wildman–Crippen LogP) is 3.21. The summed E-state index contributed by atoms with van der Waals surface area (Å²) in [6, 6.07) is 0.137. The van der Waals surface area contributed by atoms with Gasteiger partial charge in [0.1, 0.15) is 0 Å². The third-order valence-corrected chi connectivity index (χ3v) is 4.23. The highest BCUT2D eigenvalue weighted by Crippen LogP contribution is 2.30. The molecule has 0 bridgehead atoms. The quantitative estimate of drug-likeness (QED) is 0.754. The molecule has 4 nitrogen and oxygen atoms in total. The number of aliphatic carboxylic acids is 1. The number of carboxylic acid groups (broad SMARTS) is 1. The molecule has 0 aromatic heterocycles. The summed E-state index contributed by atoms with van der Waals surface area (Å²) in [4.78, 5) is 23.5. The summed E-state index contributed by atoms with van der Waals surface area (Å²) >= 11 is 0. The van der Waals surface area contributed by atoms with E-state index in [4.69, 9.17) is 0 Å². The molecule has 1 aliphatic rings. The largest absolute Gasteiger partial charge is 0.481 e. The second-order valence-corrected chi connectivity index (χ2v) is 6.57. The monoisotopic (exact) mass is 283 g/mol. The van der Waals surface area contributed by atoms with Crippen LogP contribution in [0.25, 0.3) is 0 Å². The molecule has 20 heavy (non-hydrogen) atoms. The molecule has 1 unspecified atom stereocenters. The van der Waals surface area contributed by atoms with Crippen LogP contribution in [0.1, 0.15) is 65.7 Å². The molecule has 2 N–H and O–H groups in total. The number of nitrogens with one attached hydrogen (secondary N) is 1. The maximum absolute atomic E-state index is 12.2. The number of hydrogen-bond donors (Lipinski definition) is 2. The molecule has 4 heteroatoms. The first kappa shape index (κ1) is 17.0. The van der Waals surface area contributed by atoms with Crippen molar-refractivity contribution in [2.45, 2.75) is 71.8 Å². The molecule has 1 aliphatic carbocycles. The Hall–Kier alpha value is -1.06. The normalized spacial score (nSPS) is 24.4. The lowest BCUT2D eigenvalue weighted by molar-refractivity contribution is -0.149. The van der Waals surface area contributed by atoms with E-state index in [-0.39, 0.29) is 17.9 Å². The molecular formula is C16H29NO3. The molecule has 0 aliphatic heterocycles. The highest BCUT2D eigenvalue weighted by atomic mass is 16.4. The average molecular weight is 283 g/mol. The first-order chi connectivity index (χ1) is 9.41. The van der Waals surface area contributed by atoms with E-state index >= 15 is 0 Å². The molecule has 1 saturated carbocycles. The number of amides is 1.